The molecule has 9 heavy (non-hydrogen) atoms. The summed E-state index contributed by atoms with van der Waals surface area (Å²) in [5, 5.41) is 0. The summed E-state index contributed by atoms with van der Waals surface area (Å²) >= 11 is 2.46. The van der Waals surface area contributed by atoms with Crippen molar-refractivity contribution < 1.29 is 14.3 Å². The van der Waals surface area contributed by atoms with Crippen LogP contribution in [0.1, 0.15) is 19.8 Å². The molecule has 0 spiro atoms. The Bertz CT molecular complexity index is 121. The Balaban J connectivity index is 3.39. The van der Waals surface area contributed by atoms with Crippen molar-refractivity contribution in [2.24, 2.45) is 0 Å². The lowest BCUT2D eigenvalue weighted by Crippen LogP contribution is -2.04. The van der Waals surface area contributed by atoms with E-state index < -0.39 is 10.8 Å². The zero-order valence-electron chi connectivity index (χ0n) is 5.02. The van der Waals surface area contributed by atoms with Gasteiger partial charge in [0.05, 0.1) is 0 Å². The molecule has 0 aromatic rings. The number of rotatable bonds is 2. The third-order valence-corrected chi connectivity index (χ3v) is 0.810. The van der Waals surface area contributed by atoms with Crippen LogP contribution < -0.4 is 0 Å². The molecule has 3 nitrogen and oxygen atoms in total. The summed E-state index contributed by atoms with van der Waals surface area (Å²) in [5.74, 6) is -0.487. The highest BCUT2D eigenvalue weighted by Crippen LogP contribution is 1.96. The minimum Gasteiger partial charge on any atom is -0.384 e. The van der Waals surface area contributed by atoms with E-state index in [9.17, 15) is 9.59 Å². The highest BCUT2D eigenvalue weighted by Gasteiger charge is 2.03. The van der Waals surface area contributed by atoms with Gasteiger partial charge >= 0.3 is 10.8 Å². The minimum atomic E-state index is -0.721. The Morgan fingerprint density at radius 2 is 2.11 bits per heavy atom. The van der Waals surface area contributed by atoms with Crippen molar-refractivity contribution in [3.8, 4) is 0 Å². The lowest BCUT2D eigenvalue weighted by Gasteiger charge is -1.93. The fraction of sp³-hybridized carbons (Fsp3) is 0.600. The van der Waals surface area contributed by atoms with Crippen LogP contribution in [0.4, 0.5) is 4.79 Å². The molecule has 0 aliphatic carbocycles. The Morgan fingerprint density at radius 3 is 2.44 bits per heavy atom. The van der Waals surface area contributed by atoms with Gasteiger partial charge in [0.25, 0.3) is 0 Å². The van der Waals surface area contributed by atoms with Gasteiger partial charge in [0, 0.05) is 22.4 Å². The van der Waals surface area contributed by atoms with Crippen LogP contribution in [0.15, 0.2) is 0 Å². The van der Waals surface area contributed by atoms with Crippen molar-refractivity contribution in [3.63, 3.8) is 0 Å². The molecular formula is C5H7BrO3. The maximum Gasteiger partial charge on any atom is 0.382 e. The first-order valence-corrected chi connectivity index (χ1v) is 3.36. The molecule has 0 rings (SSSR count). The van der Waals surface area contributed by atoms with Crippen LogP contribution in [0.2, 0.25) is 0 Å². The number of ether oxygens (including phenoxy) is 1. The average Bonchev–Trinajstić information content (AvgIpc) is 1.63. The van der Waals surface area contributed by atoms with E-state index in [1.807, 2.05) is 6.92 Å². The first-order valence-electron chi connectivity index (χ1n) is 2.57. The molecule has 0 heterocycles. The maximum atomic E-state index is 10.4. The van der Waals surface area contributed by atoms with Gasteiger partial charge in [0.1, 0.15) is 0 Å². The first-order chi connectivity index (χ1) is 4.16. The van der Waals surface area contributed by atoms with E-state index in [0.717, 1.165) is 0 Å². The summed E-state index contributed by atoms with van der Waals surface area (Å²) in [5.41, 5.74) is 0. The summed E-state index contributed by atoms with van der Waals surface area (Å²) in [6, 6.07) is 0. The predicted molar refractivity (Wildman–Crippen MR) is 35.3 cm³/mol. The molecule has 0 aliphatic heterocycles. The first kappa shape index (κ1) is 8.62. The second-order valence-corrected chi connectivity index (χ2v) is 2.11. The zero-order valence-corrected chi connectivity index (χ0v) is 6.60. The van der Waals surface area contributed by atoms with Crippen molar-refractivity contribution in [3.05, 3.63) is 0 Å². The van der Waals surface area contributed by atoms with E-state index in [1.54, 1.807) is 0 Å². The lowest BCUT2D eigenvalue weighted by molar-refractivity contribution is -0.136. The lowest BCUT2D eigenvalue weighted by atomic mass is 10.3. The van der Waals surface area contributed by atoms with Gasteiger partial charge in [-0.25, -0.2) is 4.79 Å². The Kier molecular flexibility index (Phi) is 4.30. The summed E-state index contributed by atoms with van der Waals surface area (Å²) in [6.45, 7) is 1.83. The normalized spacial score (nSPS) is 8.67. The largest absolute Gasteiger partial charge is 0.384 e. The van der Waals surface area contributed by atoms with Crippen LogP contribution in [0.25, 0.3) is 0 Å². The minimum absolute atomic E-state index is 0.289. The van der Waals surface area contributed by atoms with Gasteiger partial charge in [-0.2, -0.15) is 0 Å². The average molecular weight is 195 g/mol. The molecule has 0 aromatic carbocycles. The van der Waals surface area contributed by atoms with Gasteiger partial charge in [-0.05, 0) is 6.42 Å². The van der Waals surface area contributed by atoms with Crippen molar-refractivity contribution in [2.75, 3.05) is 0 Å². The molecule has 0 saturated carbocycles. The molecule has 4 heteroatoms. The number of esters is 1. The zero-order chi connectivity index (χ0) is 7.28. The van der Waals surface area contributed by atoms with E-state index in [-0.39, 0.29) is 6.42 Å². The number of hydrogen-bond acceptors (Lipinski definition) is 3. The molecule has 0 saturated heterocycles. The van der Waals surface area contributed by atoms with Crippen molar-refractivity contribution >= 4 is 26.8 Å². The topological polar surface area (TPSA) is 43.4 Å². The summed E-state index contributed by atoms with van der Waals surface area (Å²) in [7, 11) is 0. The van der Waals surface area contributed by atoms with Crippen LogP contribution in [-0.2, 0) is 9.53 Å². The van der Waals surface area contributed by atoms with Crippen LogP contribution in [0.5, 0.6) is 0 Å². The standard InChI is InChI=1S/C5H7BrO3/c1-2-3-4(7)9-5(6)8/h2-3H2,1H3. The van der Waals surface area contributed by atoms with E-state index in [0.29, 0.717) is 6.42 Å². The van der Waals surface area contributed by atoms with Crippen LogP contribution in [0.3, 0.4) is 0 Å². The monoisotopic (exact) mass is 194 g/mol. The Labute approximate surface area is 61.5 Å². The second-order valence-electron chi connectivity index (χ2n) is 1.46. The van der Waals surface area contributed by atoms with Gasteiger partial charge in [0.2, 0.25) is 0 Å². The number of halogens is 1. The molecule has 0 unspecified atom stereocenters. The quantitative estimate of drug-likeness (QED) is 0.383. The van der Waals surface area contributed by atoms with Crippen molar-refractivity contribution in [1.29, 1.82) is 0 Å². The van der Waals surface area contributed by atoms with Gasteiger partial charge in [-0.3, -0.25) is 4.79 Å². The second kappa shape index (κ2) is 4.49. The summed E-state index contributed by atoms with van der Waals surface area (Å²) in [6.07, 6.45) is 0.983. The fourth-order valence-corrected chi connectivity index (χ4v) is 0.525. The molecule has 0 bridgehead atoms. The number of carbonyl (C=O) groups excluding carboxylic acids is 2. The highest BCUT2D eigenvalue weighted by atomic mass is 79.9. The predicted octanol–water partition coefficient (Wildman–Crippen LogP) is 1.84. The molecule has 0 aliphatic rings. The Morgan fingerprint density at radius 1 is 1.56 bits per heavy atom. The third kappa shape index (κ3) is 5.49. The van der Waals surface area contributed by atoms with Crippen LogP contribution >= 0.6 is 15.9 Å². The van der Waals surface area contributed by atoms with E-state index in [1.165, 1.54) is 0 Å². The molecule has 0 N–H and O–H groups in total. The molecule has 0 amide bonds. The summed E-state index contributed by atoms with van der Waals surface area (Å²) < 4.78 is 4.13. The molecular weight excluding hydrogens is 188 g/mol. The van der Waals surface area contributed by atoms with Crippen LogP contribution in [-0.4, -0.2) is 10.8 Å². The van der Waals surface area contributed by atoms with Crippen LogP contribution in [0, 0.1) is 0 Å². The molecule has 0 radical (unpaired) electrons. The van der Waals surface area contributed by atoms with E-state index >= 15 is 0 Å². The van der Waals surface area contributed by atoms with Gasteiger partial charge in [-0.15, -0.1) is 0 Å². The number of carbonyl (C=O) groups is 2. The fourth-order valence-electron chi connectivity index (χ4n) is 0.345. The maximum absolute atomic E-state index is 10.4. The third-order valence-electron chi connectivity index (χ3n) is 0.648. The number of hydrogen-bond donors (Lipinski definition) is 0. The van der Waals surface area contributed by atoms with Gasteiger partial charge in [-0.1, -0.05) is 6.92 Å². The van der Waals surface area contributed by atoms with E-state index in [4.69, 9.17) is 0 Å². The summed E-state index contributed by atoms with van der Waals surface area (Å²) in [4.78, 5) is 19.7. The Hall–Kier alpha value is -0.380. The SMILES string of the molecule is CCCC(=O)OC(=O)Br. The van der Waals surface area contributed by atoms with E-state index in [2.05, 4.69) is 20.7 Å². The molecule has 52 valence electrons. The van der Waals surface area contributed by atoms with Gasteiger partial charge in [0.15, 0.2) is 0 Å². The smallest absolute Gasteiger partial charge is 0.382 e. The molecule has 0 aromatic heterocycles. The van der Waals surface area contributed by atoms with Crippen molar-refractivity contribution in [1.82, 2.24) is 0 Å². The van der Waals surface area contributed by atoms with Gasteiger partial charge < -0.3 is 4.74 Å². The molecule has 0 fully saturated rings. The highest BCUT2D eigenvalue weighted by molar-refractivity contribution is 9.18. The van der Waals surface area contributed by atoms with Crippen molar-refractivity contribution in [2.45, 2.75) is 19.8 Å². The molecule has 0 atom stereocenters.